The number of hydrogen-bond donors (Lipinski definition) is 1. The van der Waals surface area contributed by atoms with E-state index in [1.165, 1.54) is 17.5 Å². The highest BCUT2D eigenvalue weighted by Crippen LogP contribution is 2.34. The number of nitrogens with one attached hydrogen (secondary N) is 1. The molecule has 3 heteroatoms. The minimum atomic E-state index is 0.619. The van der Waals surface area contributed by atoms with Crippen LogP contribution < -0.4 is 5.32 Å². The Balaban J connectivity index is 1.64. The van der Waals surface area contributed by atoms with E-state index in [1.807, 2.05) is 13.0 Å². The number of aryl methyl sites for hydroxylation is 1. The standard InChI is InChI=1S/C14H15N3/c1-10-6-14(17-16-8-10)15-9-12-7-11-4-2-3-5-13(11)12/h2-6,8,12H,7,9H2,1H3,(H,15,17). The van der Waals surface area contributed by atoms with Crippen LogP contribution in [0.2, 0.25) is 0 Å². The number of fused-ring (bicyclic) bond motifs is 1. The van der Waals surface area contributed by atoms with Gasteiger partial charge in [-0.2, -0.15) is 5.10 Å². The predicted octanol–water partition coefficient (Wildman–Crippen LogP) is 2.54. The molecule has 0 radical (unpaired) electrons. The van der Waals surface area contributed by atoms with Gasteiger partial charge in [-0.3, -0.25) is 0 Å². The van der Waals surface area contributed by atoms with E-state index in [9.17, 15) is 0 Å². The topological polar surface area (TPSA) is 37.8 Å². The first-order chi connectivity index (χ1) is 8.33. The van der Waals surface area contributed by atoms with E-state index in [0.29, 0.717) is 5.92 Å². The Kier molecular flexibility index (Phi) is 2.52. The molecule has 1 aliphatic rings. The summed E-state index contributed by atoms with van der Waals surface area (Å²) in [5.41, 5.74) is 4.09. The van der Waals surface area contributed by atoms with Crippen molar-refractivity contribution in [2.24, 2.45) is 0 Å². The van der Waals surface area contributed by atoms with Crippen molar-refractivity contribution in [1.29, 1.82) is 0 Å². The fraction of sp³-hybridized carbons (Fsp3) is 0.286. The number of rotatable bonds is 3. The zero-order valence-corrected chi connectivity index (χ0v) is 9.85. The summed E-state index contributed by atoms with van der Waals surface area (Å²) in [7, 11) is 0. The summed E-state index contributed by atoms with van der Waals surface area (Å²) >= 11 is 0. The summed E-state index contributed by atoms with van der Waals surface area (Å²) in [5.74, 6) is 1.49. The van der Waals surface area contributed by atoms with Crippen LogP contribution >= 0.6 is 0 Å². The zero-order valence-electron chi connectivity index (χ0n) is 9.85. The second kappa shape index (κ2) is 4.17. The van der Waals surface area contributed by atoms with E-state index in [0.717, 1.165) is 17.9 Å². The van der Waals surface area contributed by atoms with Gasteiger partial charge >= 0.3 is 0 Å². The Bertz CT molecular complexity index is 536. The highest BCUT2D eigenvalue weighted by molar-refractivity contribution is 5.43. The quantitative estimate of drug-likeness (QED) is 0.872. The first kappa shape index (κ1) is 10.3. The Morgan fingerprint density at radius 1 is 1.35 bits per heavy atom. The Morgan fingerprint density at radius 2 is 2.24 bits per heavy atom. The van der Waals surface area contributed by atoms with Gasteiger partial charge in [-0.05, 0) is 36.1 Å². The second-order valence-electron chi connectivity index (χ2n) is 4.60. The van der Waals surface area contributed by atoms with Gasteiger partial charge in [0.2, 0.25) is 0 Å². The summed E-state index contributed by atoms with van der Waals surface area (Å²) in [6, 6.07) is 10.7. The Labute approximate surface area is 101 Å². The molecular formula is C14H15N3. The maximum atomic E-state index is 4.06. The summed E-state index contributed by atoms with van der Waals surface area (Å²) in [5, 5.41) is 11.4. The molecule has 1 aromatic heterocycles. The van der Waals surface area contributed by atoms with Crippen molar-refractivity contribution < 1.29 is 0 Å². The molecule has 0 aliphatic heterocycles. The maximum absolute atomic E-state index is 4.06. The van der Waals surface area contributed by atoms with Crippen LogP contribution in [-0.4, -0.2) is 16.7 Å². The third-order valence-electron chi connectivity index (χ3n) is 3.28. The van der Waals surface area contributed by atoms with Gasteiger partial charge in [0.1, 0.15) is 5.82 Å². The van der Waals surface area contributed by atoms with Gasteiger partial charge in [-0.15, -0.1) is 5.10 Å². The monoisotopic (exact) mass is 225 g/mol. The number of anilines is 1. The molecule has 86 valence electrons. The van der Waals surface area contributed by atoms with Crippen molar-refractivity contribution in [1.82, 2.24) is 10.2 Å². The number of hydrogen-bond acceptors (Lipinski definition) is 3. The van der Waals surface area contributed by atoms with Crippen molar-refractivity contribution in [2.45, 2.75) is 19.3 Å². The van der Waals surface area contributed by atoms with Crippen molar-refractivity contribution in [2.75, 3.05) is 11.9 Å². The first-order valence-corrected chi connectivity index (χ1v) is 5.94. The molecule has 3 nitrogen and oxygen atoms in total. The molecule has 2 aromatic rings. The smallest absolute Gasteiger partial charge is 0.148 e. The van der Waals surface area contributed by atoms with E-state index in [4.69, 9.17) is 0 Å². The van der Waals surface area contributed by atoms with Gasteiger partial charge in [0.25, 0.3) is 0 Å². The minimum absolute atomic E-state index is 0.619. The van der Waals surface area contributed by atoms with Gasteiger partial charge in [0, 0.05) is 12.5 Å². The molecule has 1 aliphatic carbocycles. The lowest BCUT2D eigenvalue weighted by atomic mass is 9.77. The molecule has 1 N–H and O–H groups in total. The molecule has 1 unspecified atom stereocenters. The van der Waals surface area contributed by atoms with Crippen LogP contribution in [0.5, 0.6) is 0 Å². The Morgan fingerprint density at radius 3 is 3.06 bits per heavy atom. The van der Waals surface area contributed by atoms with E-state index < -0.39 is 0 Å². The van der Waals surface area contributed by atoms with E-state index >= 15 is 0 Å². The first-order valence-electron chi connectivity index (χ1n) is 5.94. The molecule has 1 heterocycles. The molecule has 1 atom stereocenters. The number of nitrogens with zero attached hydrogens (tertiary/aromatic N) is 2. The maximum Gasteiger partial charge on any atom is 0.148 e. The van der Waals surface area contributed by atoms with E-state index in [1.54, 1.807) is 6.20 Å². The van der Waals surface area contributed by atoms with Crippen LogP contribution in [0.3, 0.4) is 0 Å². The molecule has 3 rings (SSSR count). The van der Waals surface area contributed by atoms with Crippen molar-refractivity contribution in [3.8, 4) is 0 Å². The largest absolute Gasteiger partial charge is 0.368 e. The lowest BCUT2D eigenvalue weighted by molar-refractivity contribution is 0.634. The molecule has 17 heavy (non-hydrogen) atoms. The Hall–Kier alpha value is -1.90. The average Bonchev–Trinajstić information content (AvgIpc) is 2.30. The minimum Gasteiger partial charge on any atom is -0.368 e. The van der Waals surface area contributed by atoms with Crippen LogP contribution in [0.4, 0.5) is 5.82 Å². The van der Waals surface area contributed by atoms with Crippen LogP contribution in [0.1, 0.15) is 22.6 Å². The summed E-state index contributed by atoms with van der Waals surface area (Å²) in [6.07, 6.45) is 2.94. The van der Waals surface area contributed by atoms with Gasteiger partial charge in [0.05, 0.1) is 6.20 Å². The second-order valence-corrected chi connectivity index (χ2v) is 4.60. The van der Waals surface area contributed by atoms with Crippen molar-refractivity contribution >= 4 is 5.82 Å². The summed E-state index contributed by atoms with van der Waals surface area (Å²) in [6.45, 7) is 2.97. The molecular weight excluding hydrogens is 210 g/mol. The highest BCUT2D eigenvalue weighted by Gasteiger charge is 2.24. The van der Waals surface area contributed by atoms with E-state index in [-0.39, 0.29) is 0 Å². The lowest BCUT2D eigenvalue weighted by Crippen LogP contribution is -2.24. The molecule has 0 amide bonds. The molecule has 0 saturated heterocycles. The van der Waals surface area contributed by atoms with Crippen LogP contribution in [-0.2, 0) is 6.42 Å². The molecule has 0 bridgehead atoms. The third-order valence-corrected chi connectivity index (χ3v) is 3.28. The van der Waals surface area contributed by atoms with E-state index in [2.05, 4.69) is 39.8 Å². The number of aromatic nitrogens is 2. The average molecular weight is 225 g/mol. The van der Waals surface area contributed by atoms with Gasteiger partial charge in [-0.1, -0.05) is 24.3 Å². The van der Waals surface area contributed by atoms with Gasteiger partial charge < -0.3 is 5.32 Å². The zero-order chi connectivity index (χ0) is 11.7. The van der Waals surface area contributed by atoms with Crippen LogP contribution in [0.25, 0.3) is 0 Å². The normalized spacial score (nSPS) is 17.1. The molecule has 0 saturated carbocycles. The number of benzene rings is 1. The SMILES string of the molecule is Cc1cnnc(NCC2Cc3ccccc32)c1. The fourth-order valence-corrected chi connectivity index (χ4v) is 2.32. The van der Waals surface area contributed by atoms with Crippen LogP contribution in [0.15, 0.2) is 36.5 Å². The van der Waals surface area contributed by atoms with Crippen molar-refractivity contribution in [3.63, 3.8) is 0 Å². The van der Waals surface area contributed by atoms with Crippen LogP contribution in [0, 0.1) is 6.92 Å². The molecule has 0 spiro atoms. The molecule has 0 fully saturated rings. The van der Waals surface area contributed by atoms with Gasteiger partial charge in [-0.25, -0.2) is 0 Å². The molecule has 1 aromatic carbocycles. The fourth-order valence-electron chi connectivity index (χ4n) is 2.32. The highest BCUT2D eigenvalue weighted by atomic mass is 15.2. The van der Waals surface area contributed by atoms with Crippen molar-refractivity contribution in [3.05, 3.63) is 53.2 Å². The lowest BCUT2D eigenvalue weighted by Gasteiger charge is -2.30. The third kappa shape index (κ3) is 2.00. The summed E-state index contributed by atoms with van der Waals surface area (Å²) in [4.78, 5) is 0. The van der Waals surface area contributed by atoms with Gasteiger partial charge in [0.15, 0.2) is 0 Å². The summed E-state index contributed by atoms with van der Waals surface area (Å²) < 4.78 is 0. The predicted molar refractivity (Wildman–Crippen MR) is 68.1 cm³/mol.